The molecule has 8 aromatic rings. The second kappa shape index (κ2) is 13.1. The van der Waals surface area contributed by atoms with E-state index in [2.05, 4.69) is 153 Å². The quantitative estimate of drug-likeness (QED) is 0.166. The van der Waals surface area contributed by atoms with Gasteiger partial charge in [-0.3, -0.25) is 4.84 Å². The van der Waals surface area contributed by atoms with Crippen LogP contribution in [0.2, 0.25) is 0 Å². The van der Waals surface area contributed by atoms with Crippen LogP contribution in [0.3, 0.4) is 0 Å². The maximum absolute atomic E-state index is 6.84. The molecule has 13 rings (SSSR count). The largest absolute Gasteiger partial charge is 0.266 e. The summed E-state index contributed by atoms with van der Waals surface area (Å²) in [6.45, 7) is 2.62. The maximum atomic E-state index is 6.84. The summed E-state index contributed by atoms with van der Waals surface area (Å²) in [5, 5.41) is 10.5. The Balaban J connectivity index is 1.13. The number of rotatable bonds is 4. The number of nitrogens with zero attached hydrogens (tertiary/aromatic N) is 8. The number of amidine groups is 7. The summed E-state index contributed by atoms with van der Waals surface area (Å²) in [5.41, 5.74) is 7.22. The maximum Gasteiger partial charge on any atom is 0.170 e. The molecule has 5 aliphatic heterocycles. The van der Waals surface area contributed by atoms with E-state index in [9.17, 15) is 0 Å². The third-order valence-corrected chi connectivity index (χ3v) is 12.2. The van der Waals surface area contributed by atoms with Gasteiger partial charge < -0.3 is 0 Å². The monoisotopic (exact) mass is 786 g/mol. The molecule has 1 unspecified atom stereocenters. The van der Waals surface area contributed by atoms with Crippen LogP contribution in [0.25, 0.3) is 43.1 Å². The smallest absolute Gasteiger partial charge is 0.170 e. The molecule has 0 N–H and O–H groups in total. The number of benzene rings is 8. The Bertz CT molecular complexity index is 3520. The number of fused-ring (bicyclic) bond motifs is 20. The second-order valence-corrected chi connectivity index (χ2v) is 16.0. The van der Waals surface area contributed by atoms with Gasteiger partial charge in [-0.25, -0.2) is 34.9 Å². The molecule has 0 fully saturated rings. The molecule has 288 valence electrons. The van der Waals surface area contributed by atoms with Gasteiger partial charge in [-0.1, -0.05) is 110 Å². The molecule has 1 atom stereocenters. The summed E-state index contributed by atoms with van der Waals surface area (Å²) in [6, 6.07) is 50.9. The first-order valence-corrected chi connectivity index (χ1v) is 20.8. The predicted molar refractivity (Wildman–Crippen MR) is 247 cm³/mol. The van der Waals surface area contributed by atoms with Crippen LogP contribution >= 0.6 is 0 Å². The molecule has 0 radical (unpaired) electrons. The van der Waals surface area contributed by atoms with Crippen LogP contribution in [0.15, 0.2) is 181 Å². The van der Waals surface area contributed by atoms with Gasteiger partial charge in [0, 0.05) is 44.5 Å². The molecule has 0 spiro atoms. The standard InChI is InChI=1S/C52H34N8O/c1-2-3-20-61-60-51-43-27-35-18-10-8-16-33(35)25-41(43)49(58-51)56-47-39-23-31-14-6-4-12-29(31)21-37(39)45(54-47)53-46-38-22-30-13-5-7-15-32(30)24-40(38)48(55-46)57-50-42-26-34-17-9-11-19-36(34)28-44(42)52(60)59-50/h4-19,21-28,45H,2-3,20H2,1H3. The molecule has 0 aliphatic carbocycles. The lowest BCUT2D eigenvalue weighted by atomic mass is 9.99. The molecule has 0 saturated carbocycles. The number of hydrogen-bond acceptors (Lipinski definition) is 9. The molecule has 8 bridgehead atoms. The van der Waals surface area contributed by atoms with Gasteiger partial charge in [0.05, 0.1) is 6.61 Å². The van der Waals surface area contributed by atoms with Crippen LogP contribution in [-0.4, -0.2) is 52.5 Å². The first kappa shape index (κ1) is 34.1. The zero-order chi connectivity index (χ0) is 40.2. The zero-order valence-corrected chi connectivity index (χ0v) is 33.0. The van der Waals surface area contributed by atoms with E-state index < -0.39 is 6.17 Å². The van der Waals surface area contributed by atoms with Crippen molar-refractivity contribution in [3.8, 4) is 0 Å². The first-order chi connectivity index (χ1) is 30.1. The van der Waals surface area contributed by atoms with E-state index in [1.54, 1.807) is 0 Å². The minimum atomic E-state index is -0.602. The molecule has 61 heavy (non-hydrogen) atoms. The SMILES string of the molecule is CCCCON1C2=NC(=NC3=NC(=NC4N=C(N=C5N=C1c1cc6ccccc6cc15)c1cc5ccccc5cc14)c1cc4ccccc4cc13)c1cc3ccccc3cc12. The average molecular weight is 787 g/mol. The van der Waals surface area contributed by atoms with E-state index in [0.717, 1.165) is 100 Å². The summed E-state index contributed by atoms with van der Waals surface area (Å²) in [6.07, 6.45) is 1.21. The normalized spacial score (nSPS) is 17.0. The molecule has 9 heteroatoms. The molecular formula is C52H34N8O. The van der Waals surface area contributed by atoms with Gasteiger partial charge in [0.1, 0.15) is 0 Å². The van der Waals surface area contributed by atoms with E-state index in [-0.39, 0.29) is 0 Å². The number of hydrogen-bond donors (Lipinski definition) is 0. The Labute approximate surface area is 350 Å². The van der Waals surface area contributed by atoms with Crippen LogP contribution in [0.1, 0.15) is 70.4 Å². The Hall–Kier alpha value is -7.75. The van der Waals surface area contributed by atoms with E-state index in [4.69, 9.17) is 39.8 Å². The second-order valence-electron chi connectivity index (χ2n) is 16.0. The van der Waals surface area contributed by atoms with Crippen molar-refractivity contribution in [2.24, 2.45) is 34.9 Å². The van der Waals surface area contributed by atoms with Gasteiger partial charge in [0.25, 0.3) is 0 Å². The highest BCUT2D eigenvalue weighted by Gasteiger charge is 2.37. The lowest BCUT2D eigenvalue weighted by Gasteiger charge is -2.24. The highest BCUT2D eigenvalue weighted by Crippen LogP contribution is 2.39. The lowest BCUT2D eigenvalue weighted by Crippen LogP contribution is -2.37. The van der Waals surface area contributed by atoms with Gasteiger partial charge in [-0.2, -0.15) is 5.06 Å². The fourth-order valence-corrected chi connectivity index (χ4v) is 9.10. The first-order valence-electron chi connectivity index (χ1n) is 20.8. The van der Waals surface area contributed by atoms with Crippen LogP contribution in [-0.2, 0) is 4.84 Å². The Morgan fingerprint density at radius 2 is 0.754 bits per heavy atom. The zero-order valence-electron chi connectivity index (χ0n) is 33.0. The Morgan fingerprint density at radius 3 is 1.21 bits per heavy atom. The molecule has 0 saturated heterocycles. The highest BCUT2D eigenvalue weighted by molar-refractivity contribution is 6.35. The van der Waals surface area contributed by atoms with E-state index in [1.807, 2.05) is 5.06 Å². The van der Waals surface area contributed by atoms with Crippen LogP contribution in [0.4, 0.5) is 0 Å². The number of hydroxylamine groups is 2. The van der Waals surface area contributed by atoms with E-state index in [1.165, 1.54) is 0 Å². The van der Waals surface area contributed by atoms with Crippen LogP contribution in [0, 0.1) is 0 Å². The predicted octanol–water partition coefficient (Wildman–Crippen LogP) is 10.7. The summed E-state index contributed by atoms with van der Waals surface area (Å²) in [4.78, 5) is 44.2. The van der Waals surface area contributed by atoms with Crippen LogP contribution < -0.4 is 0 Å². The number of unbranched alkanes of at least 4 members (excludes halogenated alkanes) is 1. The van der Waals surface area contributed by atoms with Crippen LogP contribution in [0.5, 0.6) is 0 Å². The number of aliphatic imine (C=N–C) groups is 7. The van der Waals surface area contributed by atoms with Crippen molar-refractivity contribution >= 4 is 83.9 Å². The Morgan fingerprint density at radius 1 is 0.410 bits per heavy atom. The molecule has 5 heterocycles. The minimum Gasteiger partial charge on any atom is -0.266 e. The van der Waals surface area contributed by atoms with Crippen molar-refractivity contribution in [1.82, 2.24) is 5.06 Å². The fourth-order valence-electron chi connectivity index (χ4n) is 9.10. The van der Waals surface area contributed by atoms with Crippen molar-refractivity contribution in [3.05, 3.63) is 190 Å². The van der Waals surface area contributed by atoms with Gasteiger partial charge in [0.15, 0.2) is 47.0 Å². The van der Waals surface area contributed by atoms with E-state index in [0.29, 0.717) is 47.5 Å². The third kappa shape index (κ3) is 5.34. The third-order valence-electron chi connectivity index (χ3n) is 12.2. The van der Waals surface area contributed by atoms with Crippen molar-refractivity contribution < 1.29 is 4.84 Å². The summed E-state index contributed by atoms with van der Waals surface area (Å²) in [5.74, 6) is 3.96. The summed E-state index contributed by atoms with van der Waals surface area (Å²) < 4.78 is 0. The lowest BCUT2D eigenvalue weighted by molar-refractivity contribution is -0.0415. The van der Waals surface area contributed by atoms with Crippen molar-refractivity contribution in [1.29, 1.82) is 0 Å². The molecule has 8 aromatic carbocycles. The van der Waals surface area contributed by atoms with E-state index >= 15 is 0 Å². The topological polar surface area (TPSA) is 99.0 Å². The van der Waals surface area contributed by atoms with Gasteiger partial charge in [0.2, 0.25) is 0 Å². The Kier molecular flexibility index (Phi) is 7.35. The molecule has 5 aliphatic rings. The molecule has 9 nitrogen and oxygen atoms in total. The van der Waals surface area contributed by atoms with Crippen molar-refractivity contribution in [2.45, 2.75) is 25.9 Å². The highest BCUT2D eigenvalue weighted by atomic mass is 16.7. The van der Waals surface area contributed by atoms with Gasteiger partial charge >= 0.3 is 0 Å². The van der Waals surface area contributed by atoms with Crippen molar-refractivity contribution in [3.63, 3.8) is 0 Å². The van der Waals surface area contributed by atoms with Crippen molar-refractivity contribution in [2.75, 3.05) is 6.61 Å². The minimum absolute atomic E-state index is 0.459. The summed E-state index contributed by atoms with van der Waals surface area (Å²) >= 11 is 0. The average Bonchev–Trinajstić information content (AvgIpc) is 4.02. The molecular weight excluding hydrogens is 753 g/mol. The molecule has 0 amide bonds. The van der Waals surface area contributed by atoms with Gasteiger partial charge in [-0.15, -0.1) is 0 Å². The van der Waals surface area contributed by atoms with Gasteiger partial charge in [-0.05, 0) is 98.0 Å². The molecule has 0 aromatic heterocycles. The fraction of sp³-hybridized carbons (Fsp3) is 0.0962. The summed E-state index contributed by atoms with van der Waals surface area (Å²) in [7, 11) is 0.